The van der Waals surface area contributed by atoms with Crippen LogP contribution in [-0.2, 0) is 0 Å². The normalized spacial score (nSPS) is 12.4. The minimum absolute atomic E-state index is 0. The number of hydrogen-bond donors (Lipinski definition) is 0. The maximum atomic E-state index is 14.9. The summed E-state index contributed by atoms with van der Waals surface area (Å²) in [6.07, 6.45) is 1.18. The largest absolute Gasteiger partial charge is 1.00 e. The van der Waals surface area contributed by atoms with Crippen LogP contribution in [0.25, 0.3) is 5.76 Å². The smallest absolute Gasteiger partial charge is 0.872 e. The van der Waals surface area contributed by atoms with E-state index < -0.39 is 22.4 Å². The summed E-state index contributed by atoms with van der Waals surface area (Å²) in [5.74, 6) is -0.0822. The summed E-state index contributed by atoms with van der Waals surface area (Å²) in [5, 5.41) is 17.2. The van der Waals surface area contributed by atoms with Gasteiger partial charge in [0.15, 0.2) is 5.78 Å². The molecule has 6 aromatic carbocycles. The van der Waals surface area contributed by atoms with E-state index in [0.717, 1.165) is 20.7 Å². The Kier molecular flexibility index (Phi) is 13.3. The SMILES string of the molecule is CC(C)(C)[Si](Oc1cccc(O[Si](c2ccccc2)(c2ccccc2)C(C)(C)C)c1C(=O)/C=C(\[O-])c1ccccc1)(c1ccccc1)c1ccccc1.[K+]. The van der Waals surface area contributed by atoms with E-state index in [0.29, 0.717) is 17.1 Å². The van der Waals surface area contributed by atoms with Gasteiger partial charge in [-0.1, -0.05) is 205 Å². The molecule has 0 amide bonds. The van der Waals surface area contributed by atoms with Crippen molar-refractivity contribution in [1.82, 2.24) is 0 Å². The third kappa shape index (κ3) is 8.23. The molecule has 0 aliphatic rings. The average Bonchev–Trinajstić information content (AvgIpc) is 3.16. The molecule has 7 heteroatoms. The molecule has 0 radical (unpaired) electrons. The van der Waals surface area contributed by atoms with E-state index in [1.807, 2.05) is 97.1 Å². The Hall–Kier alpha value is -3.80. The zero-order valence-corrected chi connectivity index (χ0v) is 37.5. The third-order valence-corrected chi connectivity index (χ3v) is 19.8. The van der Waals surface area contributed by atoms with Gasteiger partial charge < -0.3 is 14.0 Å². The summed E-state index contributed by atoms with van der Waals surface area (Å²) < 4.78 is 15.1. The van der Waals surface area contributed by atoms with Crippen molar-refractivity contribution in [3.8, 4) is 11.5 Å². The molecule has 4 nitrogen and oxygen atoms in total. The van der Waals surface area contributed by atoms with Crippen LogP contribution in [0.1, 0.15) is 57.5 Å². The van der Waals surface area contributed by atoms with E-state index in [9.17, 15) is 9.90 Å². The Morgan fingerprint density at radius 2 is 0.778 bits per heavy atom. The summed E-state index contributed by atoms with van der Waals surface area (Å²) >= 11 is 0. The van der Waals surface area contributed by atoms with Crippen molar-refractivity contribution < 1.29 is 70.1 Å². The monoisotopic (exact) mass is 770 g/mol. The van der Waals surface area contributed by atoms with Gasteiger partial charge in [-0.05, 0) is 54.6 Å². The molecule has 0 aromatic heterocycles. The standard InChI is InChI=1S/C47H48O4Si2.K/c1-46(2,3)52(37-25-14-8-15-26-37,38-27-16-9-17-28-38)50-43-33-22-34-44(45(43)42(49)35-41(48)36-23-12-7-13-24-36)51-53(47(4,5)6,39-29-18-10-19-30-39)40-31-20-11-21-32-40;/h7-35,48H,1-6H3;/q;+1/p-1/b41-35-;. The minimum Gasteiger partial charge on any atom is -0.872 e. The third-order valence-electron chi connectivity index (χ3n) is 9.91. The number of allylic oxidation sites excluding steroid dienone is 1. The number of rotatable bonds is 11. The van der Waals surface area contributed by atoms with E-state index in [1.54, 1.807) is 24.3 Å². The Morgan fingerprint density at radius 1 is 0.481 bits per heavy atom. The van der Waals surface area contributed by atoms with Crippen molar-refractivity contribution in [3.63, 3.8) is 0 Å². The van der Waals surface area contributed by atoms with E-state index in [1.165, 1.54) is 6.08 Å². The first-order chi connectivity index (χ1) is 25.4. The van der Waals surface area contributed by atoms with Crippen molar-refractivity contribution >= 4 is 48.9 Å². The first-order valence-electron chi connectivity index (χ1n) is 18.1. The molecule has 54 heavy (non-hydrogen) atoms. The number of carbonyl (C=O) groups excluding carboxylic acids is 1. The van der Waals surface area contributed by atoms with Gasteiger partial charge in [0.2, 0.25) is 0 Å². The second-order valence-corrected chi connectivity index (χ2v) is 23.8. The van der Waals surface area contributed by atoms with Crippen molar-refractivity contribution in [2.24, 2.45) is 0 Å². The van der Waals surface area contributed by atoms with Crippen molar-refractivity contribution in [3.05, 3.63) is 187 Å². The molecule has 0 N–H and O–H groups in total. The fourth-order valence-corrected chi connectivity index (χ4v) is 16.3. The van der Waals surface area contributed by atoms with Crippen molar-refractivity contribution in [1.29, 1.82) is 0 Å². The van der Waals surface area contributed by atoms with Crippen LogP contribution in [-0.4, -0.2) is 22.4 Å². The van der Waals surface area contributed by atoms with Gasteiger partial charge in [-0.3, -0.25) is 4.79 Å². The summed E-state index contributed by atoms with van der Waals surface area (Å²) in [6, 6.07) is 55.8. The molecule has 0 bridgehead atoms. The van der Waals surface area contributed by atoms with Crippen LogP contribution < -0.4 is 86.1 Å². The van der Waals surface area contributed by atoms with E-state index in [-0.39, 0.29) is 72.8 Å². The molecular formula is C47H47KO4Si2. The predicted molar refractivity (Wildman–Crippen MR) is 222 cm³/mol. The van der Waals surface area contributed by atoms with Gasteiger partial charge in [0.1, 0.15) is 17.1 Å². The summed E-state index contributed by atoms with van der Waals surface area (Å²) in [7, 11) is -6.43. The molecule has 268 valence electrons. The summed E-state index contributed by atoms with van der Waals surface area (Å²) in [6.45, 7) is 13.2. The molecule has 0 spiro atoms. The van der Waals surface area contributed by atoms with Crippen LogP contribution in [0.15, 0.2) is 176 Å². The average molecular weight is 771 g/mol. The molecule has 0 heterocycles. The maximum Gasteiger partial charge on any atom is 1.00 e. The zero-order chi connectivity index (χ0) is 37.7. The van der Waals surface area contributed by atoms with Gasteiger partial charge in [0, 0.05) is 0 Å². The number of benzene rings is 6. The molecule has 0 aliphatic carbocycles. The van der Waals surface area contributed by atoms with Gasteiger partial charge >= 0.3 is 68.0 Å². The van der Waals surface area contributed by atoms with Gasteiger partial charge in [0.05, 0.1) is 0 Å². The fraction of sp³-hybridized carbons (Fsp3) is 0.170. The van der Waals surface area contributed by atoms with Crippen LogP contribution in [0.3, 0.4) is 0 Å². The zero-order valence-electron chi connectivity index (χ0n) is 32.4. The molecule has 6 rings (SSSR count). The van der Waals surface area contributed by atoms with Crippen LogP contribution in [0.4, 0.5) is 0 Å². The molecule has 0 saturated carbocycles. The van der Waals surface area contributed by atoms with E-state index >= 15 is 0 Å². The van der Waals surface area contributed by atoms with Crippen molar-refractivity contribution in [2.75, 3.05) is 0 Å². The fourth-order valence-electron chi connectivity index (χ4n) is 7.43. The molecule has 0 unspecified atom stereocenters. The quantitative estimate of drug-likeness (QED) is 0.0793. The maximum absolute atomic E-state index is 14.9. The van der Waals surface area contributed by atoms with Crippen LogP contribution in [0.5, 0.6) is 11.5 Å². The molecule has 0 atom stereocenters. The Labute approximate surface area is 365 Å². The molecular weight excluding hydrogens is 724 g/mol. The first kappa shape index (κ1) is 41.4. The van der Waals surface area contributed by atoms with E-state index in [2.05, 4.69) is 90.1 Å². The van der Waals surface area contributed by atoms with Crippen LogP contribution in [0, 0.1) is 0 Å². The molecule has 0 saturated heterocycles. The second kappa shape index (κ2) is 17.3. The molecule has 0 fully saturated rings. The summed E-state index contributed by atoms with van der Waals surface area (Å²) in [5.41, 5.74) is 0.665. The van der Waals surface area contributed by atoms with Gasteiger partial charge in [-0.2, -0.15) is 0 Å². The Morgan fingerprint density at radius 3 is 1.07 bits per heavy atom. The van der Waals surface area contributed by atoms with Crippen LogP contribution >= 0.6 is 0 Å². The van der Waals surface area contributed by atoms with Gasteiger partial charge in [-0.25, -0.2) is 0 Å². The molecule has 6 aromatic rings. The second-order valence-electron chi connectivity index (χ2n) is 15.4. The number of hydrogen-bond acceptors (Lipinski definition) is 4. The number of carbonyl (C=O) groups is 1. The summed E-state index contributed by atoms with van der Waals surface area (Å²) in [4.78, 5) is 14.9. The Bertz CT molecular complexity index is 1960. The van der Waals surface area contributed by atoms with Crippen molar-refractivity contribution in [2.45, 2.75) is 51.6 Å². The predicted octanol–water partition coefficient (Wildman–Crippen LogP) is 5.15. The van der Waals surface area contributed by atoms with Gasteiger partial charge in [-0.15, -0.1) is 0 Å². The molecule has 0 aliphatic heterocycles. The number of ketones is 1. The van der Waals surface area contributed by atoms with Crippen LogP contribution in [0.2, 0.25) is 10.1 Å². The first-order valence-corrected chi connectivity index (χ1v) is 21.9. The minimum atomic E-state index is -3.21. The topological polar surface area (TPSA) is 58.6 Å². The van der Waals surface area contributed by atoms with Gasteiger partial charge in [0.25, 0.3) is 0 Å². The van der Waals surface area contributed by atoms with E-state index in [4.69, 9.17) is 8.85 Å². The Balaban J connectivity index is 0.00000561.